The van der Waals surface area contributed by atoms with E-state index in [2.05, 4.69) is 13.8 Å². The fourth-order valence-corrected chi connectivity index (χ4v) is 2.85. The summed E-state index contributed by atoms with van der Waals surface area (Å²) >= 11 is 0. The molecule has 1 heterocycles. The minimum absolute atomic E-state index is 0.0129. The van der Waals surface area contributed by atoms with Crippen LogP contribution in [0.5, 0.6) is 0 Å². The van der Waals surface area contributed by atoms with Crippen LogP contribution >= 0.6 is 0 Å². The van der Waals surface area contributed by atoms with E-state index in [1.54, 1.807) is 0 Å². The highest BCUT2D eigenvalue weighted by Crippen LogP contribution is 2.55. The molecule has 1 spiro atoms. The Morgan fingerprint density at radius 2 is 1.79 bits per heavy atom. The molecular formula is C15H27NO3. The summed E-state index contributed by atoms with van der Waals surface area (Å²) in [5.41, 5.74) is 0.0878. The Bertz CT molecular complexity index is 339. The van der Waals surface area contributed by atoms with E-state index in [1.807, 2.05) is 25.7 Å². The van der Waals surface area contributed by atoms with Gasteiger partial charge in [-0.1, -0.05) is 20.8 Å². The second-order valence-corrected chi connectivity index (χ2v) is 6.66. The number of carbonyl (C=O) groups is 1. The molecule has 0 bridgehead atoms. The van der Waals surface area contributed by atoms with E-state index in [4.69, 9.17) is 9.47 Å². The van der Waals surface area contributed by atoms with Gasteiger partial charge in [-0.2, -0.15) is 0 Å². The first kappa shape index (κ1) is 14.8. The lowest BCUT2D eigenvalue weighted by molar-refractivity contribution is -0.252. The lowest BCUT2D eigenvalue weighted by atomic mass is 9.95. The quantitative estimate of drug-likeness (QED) is 0.786. The first-order valence-corrected chi connectivity index (χ1v) is 7.42. The average Bonchev–Trinajstić information content (AvgIpc) is 3.09. The van der Waals surface area contributed by atoms with Crippen LogP contribution in [0.1, 0.15) is 41.0 Å². The van der Waals surface area contributed by atoms with Gasteiger partial charge in [-0.3, -0.25) is 4.79 Å². The van der Waals surface area contributed by atoms with Gasteiger partial charge in [-0.05, 0) is 13.8 Å². The van der Waals surface area contributed by atoms with E-state index < -0.39 is 5.79 Å². The van der Waals surface area contributed by atoms with Gasteiger partial charge in [-0.25, -0.2) is 0 Å². The number of amides is 1. The SMILES string of the molecule is CCN(CC)C(=O)[C@@H](C)[C@H]1CC12OCC(C)(C)CO2. The third-order valence-electron chi connectivity index (χ3n) is 4.39. The van der Waals surface area contributed by atoms with Gasteiger partial charge in [0.05, 0.1) is 13.2 Å². The Labute approximate surface area is 116 Å². The minimum Gasteiger partial charge on any atom is -0.349 e. The predicted octanol–water partition coefficient (Wildman–Crippen LogP) is 2.28. The number of ether oxygens (including phenoxy) is 2. The summed E-state index contributed by atoms with van der Waals surface area (Å²) in [6.45, 7) is 13.3. The number of hydrogen-bond acceptors (Lipinski definition) is 3. The molecule has 2 aliphatic rings. The molecular weight excluding hydrogens is 242 g/mol. The summed E-state index contributed by atoms with van der Waals surface area (Å²) in [7, 11) is 0. The largest absolute Gasteiger partial charge is 0.349 e. The van der Waals surface area contributed by atoms with Crippen LogP contribution in [-0.4, -0.2) is 42.9 Å². The zero-order valence-corrected chi connectivity index (χ0v) is 12.9. The van der Waals surface area contributed by atoms with Crippen molar-refractivity contribution in [1.29, 1.82) is 0 Å². The van der Waals surface area contributed by atoms with Gasteiger partial charge in [0, 0.05) is 36.8 Å². The van der Waals surface area contributed by atoms with Crippen molar-refractivity contribution >= 4 is 5.91 Å². The van der Waals surface area contributed by atoms with Crippen LogP contribution in [0.4, 0.5) is 0 Å². The second kappa shape index (κ2) is 5.06. The fourth-order valence-electron chi connectivity index (χ4n) is 2.85. The molecule has 1 aliphatic carbocycles. The van der Waals surface area contributed by atoms with E-state index in [-0.39, 0.29) is 23.2 Å². The molecule has 0 N–H and O–H groups in total. The van der Waals surface area contributed by atoms with Crippen LogP contribution in [0.25, 0.3) is 0 Å². The molecule has 0 aromatic heterocycles. The summed E-state index contributed by atoms with van der Waals surface area (Å²) in [4.78, 5) is 14.2. The van der Waals surface area contributed by atoms with Crippen LogP contribution in [0.15, 0.2) is 0 Å². The van der Waals surface area contributed by atoms with Gasteiger partial charge in [0.15, 0.2) is 5.79 Å². The van der Waals surface area contributed by atoms with E-state index in [0.29, 0.717) is 0 Å². The van der Waals surface area contributed by atoms with Gasteiger partial charge >= 0.3 is 0 Å². The molecule has 2 atom stereocenters. The van der Waals surface area contributed by atoms with Crippen molar-refractivity contribution < 1.29 is 14.3 Å². The van der Waals surface area contributed by atoms with Gasteiger partial charge in [-0.15, -0.1) is 0 Å². The highest BCUT2D eigenvalue weighted by atomic mass is 16.7. The van der Waals surface area contributed by atoms with Crippen molar-refractivity contribution in [3.8, 4) is 0 Å². The fraction of sp³-hybridized carbons (Fsp3) is 0.933. The molecule has 2 rings (SSSR count). The highest BCUT2D eigenvalue weighted by Gasteiger charge is 2.63. The summed E-state index contributed by atoms with van der Waals surface area (Å²) in [6, 6.07) is 0. The lowest BCUT2D eigenvalue weighted by Gasteiger charge is -2.36. The third-order valence-corrected chi connectivity index (χ3v) is 4.39. The van der Waals surface area contributed by atoms with Crippen molar-refractivity contribution in [1.82, 2.24) is 4.90 Å². The number of rotatable bonds is 4. The van der Waals surface area contributed by atoms with Gasteiger partial charge in [0.25, 0.3) is 0 Å². The van der Waals surface area contributed by atoms with E-state index in [1.165, 1.54) is 0 Å². The van der Waals surface area contributed by atoms with Gasteiger partial charge in [0.1, 0.15) is 0 Å². The van der Waals surface area contributed by atoms with Crippen molar-refractivity contribution in [2.75, 3.05) is 26.3 Å². The minimum atomic E-state index is -0.461. The molecule has 1 aliphatic heterocycles. The first-order chi connectivity index (χ1) is 8.85. The van der Waals surface area contributed by atoms with Crippen LogP contribution < -0.4 is 0 Å². The van der Waals surface area contributed by atoms with E-state index in [9.17, 15) is 4.79 Å². The van der Waals surface area contributed by atoms with Crippen LogP contribution in [0, 0.1) is 17.3 Å². The van der Waals surface area contributed by atoms with Crippen LogP contribution in [0.3, 0.4) is 0 Å². The smallest absolute Gasteiger partial charge is 0.225 e. The van der Waals surface area contributed by atoms with Crippen molar-refractivity contribution in [3.05, 3.63) is 0 Å². The Kier molecular flexibility index (Phi) is 3.94. The molecule has 110 valence electrons. The zero-order valence-electron chi connectivity index (χ0n) is 12.9. The monoisotopic (exact) mass is 269 g/mol. The maximum Gasteiger partial charge on any atom is 0.225 e. The van der Waals surface area contributed by atoms with E-state index in [0.717, 1.165) is 32.7 Å². The maximum absolute atomic E-state index is 12.4. The predicted molar refractivity (Wildman–Crippen MR) is 73.6 cm³/mol. The Hall–Kier alpha value is -0.610. The second-order valence-electron chi connectivity index (χ2n) is 6.66. The van der Waals surface area contributed by atoms with Crippen LogP contribution in [0.2, 0.25) is 0 Å². The molecule has 0 aromatic carbocycles. The van der Waals surface area contributed by atoms with Crippen molar-refractivity contribution in [2.45, 2.75) is 46.8 Å². The molecule has 1 amide bonds. The Morgan fingerprint density at radius 1 is 1.26 bits per heavy atom. The summed E-state index contributed by atoms with van der Waals surface area (Å²) in [5, 5.41) is 0. The highest BCUT2D eigenvalue weighted by molar-refractivity contribution is 5.79. The third kappa shape index (κ3) is 2.79. The lowest BCUT2D eigenvalue weighted by Crippen LogP contribution is -2.42. The number of hydrogen-bond donors (Lipinski definition) is 0. The first-order valence-electron chi connectivity index (χ1n) is 7.42. The van der Waals surface area contributed by atoms with Gasteiger partial charge < -0.3 is 14.4 Å². The Morgan fingerprint density at radius 3 is 2.26 bits per heavy atom. The van der Waals surface area contributed by atoms with E-state index >= 15 is 0 Å². The molecule has 0 radical (unpaired) electrons. The molecule has 4 nitrogen and oxygen atoms in total. The molecule has 1 saturated carbocycles. The zero-order chi connectivity index (χ0) is 14.3. The van der Waals surface area contributed by atoms with Crippen LogP contribution in [-0.2, 0) is 14.3 Å². The normalized spacial score (nSPS) is 29.0. The summed E-state index contributed by atoms with van der Waals surface area (Å²) in [6.07, 6.45) is 0.858. The molecule has 4 heteroatoms. The molecule has 2 fully saturated rings. The topological polar surface area (TPSA) is 38.8 Å². The average molecular weight is 269 g/mol. The molecule has 19 heavy (non-hydrogen) atoms. The standard InChI is InChI=1S/C15H27NO3/c1-6-16(7-2)13(17)11(3)12-8-15(12)18-9-14(4,5)10-19-15/h11-12H,6-10H2,1-5H3/t11-,12+/m0/s1. The Balaban J connectivity index is 1.93. The molecule has 0 aromatic rings. The summed E-state index contributed by atoms with van der Waals surface area (Å²) in [5.74, 6) is -0.0284. The van der Waals surface area contributed by atoms with Gasteiger partial charge in [0.2, 0.25) is 5.91 Å². The summed E-state index contributed by atoms with van der Waals surface area (Å²) < 4.78 is 11.9. The van der Waals surface area contributed by atoms with Crippen molar-refractivity contribution in [3.63, 3.8) is 0 Å². The molecule has 1 saturated heterocycles. The molecule has 0 unspecified atom stereocenters. The number of carbonyl (C=O) groups excluding carboxylic acids is 1. The number of nitrogens with zero attached hydrogens (tertiary/aromatic N) is 1. The maximum atomic E-state index is 12.4. The van der Waals surface area contributed by atoms with Crippen molar-refractivity contribution in [2.24, 2.45) is 17.3 Å².